The van der Waals surface area contributed by atoms with Crippen molar-refractivity contribution in [2.24, 2.45) is 0 Å². The normalized spacial score (nSPS) is 17.0. The lowest BCUT2D eigenvalue weighted by Gasteiger charge is -2.39. The van der Waals surface area contributed by atoms with Crippen molar-refractivity contribution in [3.8, 4) is 0 Å². The van der Waals surface area contributed by atoms with E-state index in [2.05, 4.69) is 15.4 Å². The molecule has 2 N–H and O–H groups in total. The van der Waals surface area contributed by atoms with Crippen LogP contribution >= 0.6 is 0 Å². The van der Waals surface area contributed by atoms with Gasteiger partial charge in [-0.3, -0.25) is 9.59 Å². The van der Waals surface area contributed by atoms with Crippen LogP contribution in [0.15, 0.2) is 18.2 Å². The lowest BCUT2D eigenvalue weighted by molar-refractivity contribution is -0.138. The summed E-state index contributed by atoms with van der Waals surface area (Å²) in [6.07, 6.45) is 1.07. The number of carbonyl (C=O) groups excluding carboxylic acids is 2. The minimum atomic E-state index is -0.955. The first-order valence-corrected chi connectivity index (χ1v) is 6.60. The Labute approximate surface area is 120 Å². The van der Waals surface area contributed by atoms with Gasteiger partial charge in [-0.15, -0.1) is 0 Å². The van der Waals surface area contributed by atoms with Crippen molar-refractivity contribution in [3.05, 3.63) is 35.4 Å². The summed E-state index contributed by atoms with van der Waals surface area (Å²) in [6.45, 7) is 1.05. The molecular weight excluding hydrogens is 282 g/mol. The third-order valence-corrected chi connectivity index (χ3v) is 3.59. The molecule has 0 spiro atoms. The van der Waals surface area contributed by atoms with Crippen molar-refractivity contribution in [1.29, 1.82) is 0 Å². The zero-order valence-electron chi connectivity index (χ0n) is 11.3. The molecule has 7 heteroatoms. The molecule has 114 valence electrons. The molecule has 21 heavy (non-hydrogen) atoms. The van der Waals surface area contributed by atoms with Crippen LogP contribution in [-0.4, -0.2) is 32.1 Å². The Morgan fingerprint density at radius 2 is 2.05 bits per heavy atom. The monoisotopic (exact) mass is 298 g/mol. The minimum Gasteiger partial charge on any atom is -0.458 e. The zero-order valence-corrected chi connectivity index (χ0v) is 11.3. The maximum absolute atomic E-state index is 13.5. The number of hydrogen-bond acceptors (Lipinski definition) is 4. The molecule has 1 aliphatic heterocycles. The molecule has 0 aromatic heterocycles. The molecular formula is C14H16F2N2O3. The van der Waals surface area contributed by atoms with E-state index in [1.165, 1.54) is 6.07 Å². The predicted molar refractivity (Wildman–Crippen MR) is 70.3 cm³/mol. The van der Waals surface area contributed by atoms with Gasteiger partial charge in [0.25, 0.3) is 12.4 Å². The Bertz CT molecular complexity index is 531. The molecule has 0 aliphatic carbocycles. The number of piperidine rings is 1. The molecule has 1 fully saturated rings. The molecule has 1 aromatic rings. The number of benzene rings is 1. The smallest absolute Gasteiger partial charge is 0.293 e. The Morgan fingerprint density at radius 1 is 1.33 bits per heavy atom. The summed E-state index contributed by atoms with van der Waals surface area (Å²) < 4.78 is 31.0. The highest BCUT2D eigenvalue weighted by molar-refractivity contribution is 5.79. The molecule has 0 unspecified atom stereocenters. The molecule has 1 saturated heterocycles. The van der Waals surface area contributed by atoms with E-state index in [1.807, 2.05) is 0 Å². The summed E-state index contributed by atoms with van der Waals surface area (Å²) in [5.74, 6) is -2.36. The summed E-state index contributed by atoms with van der Waals surface area (Å²) in [5, 5.41) is 5.92. The number of hydrogen-bond donors (Lipinski definition) is 2. The van der Waals surface area contributed by atoms with Crippen LogP contribution in [0, 0.1) is 11.6 Å². The standard InChI is InChI=1S/C14H16F2N2O3/c15-11-2-1-10(7-12(11)16)14(3-5-17-6-4-14)18-13(20)8-21-9-19/h1-2,7,9,17H,3-6,8H2,(H,18,20). The van der Waals surface area contributed by atoms with Gasteiger partial charge in [-0.05, 0) is 43.6 Å². The number of amides is 1. The molecule has 0 atom stereocenters. The third kappa shape index (κ3) is 3.55. The van der Waals surface area contributed by atoms with Crippen molar-refractivity contribution in [3.63, 3.8) is 0 Å². The van der Waals surface area contributed by atoms with Gasteiger partial charge in [-0.1, -0.05) is 6.07 Å². The topological polar surface area (TPSA) is 67.4 Å². The van der Waals surface area contributed by atoms with Crippen LogP contribution in [0.3, 0.4) is 0 Å². The molecule has 0 saturated carbocycles. The summed E-state index contributed by atoms with van der Waals surface area (Å²) in [6, 6.07) is 3.61. The summed E-state index contributed by atoms with van der Waals surface area (Å²) in [5.41, 5.74) is -0.286. The number of ether oxygens (including phenoxy) is 1. The van der Waals surface area contributed by atoms with Gasteiger partial charge in [0.05, 0.1) is 5.54 Å². The molecule has 1 heterocycles. The average molecular weight is 298 g/mol. The van der Waals surface area contributed by atoms with Gasteiger partial charge in [-0.2, -0.15) is 0 Å². The zero-order chi connectivity index (χ0) is 15.3. The fourth-order valence-corrected chi connectivity index (χ4v) is 2.55. The first kappa shape index (κ1) is 15.4. The summed E-state index contributed by atoms with van der Waals surface area (Å²) in [7, 11) is 0. The Balaban J connectivity index is 2.25. The van der Waals surface area contributed by atoms with Crippen LogP contribution in [0.25, 0.3) is 0 Å². The highest BCUT2D eigenvalue weighted by Crippen LogP contribution is 2.31. The summed E-state index contributed by atoms with van der Waals surface area (Å²) >= 11 is 0. The lowest BCUT2D eigenvalue weighted by Crippen LogP contribution is -2.53. The summed E-state index contributed by atoms with van der Waals surface area (Å²) in [4.78, 5) is 21.9. The lowest BCUT2D eigenvalue weighted by atomic mass is 9.81. The highest BCUT2D eigenvalue weighted by atomic mass is 19.2. The number of nitrogens with one attached hydrogen (secondary N) is 2. The molecule has 0 radical (unpaired) electrons. The first-order chi connectivity index (χ1) is 10.1. The quantitative estimate of drug-likeness (QED) is 0.790. The van der Waals surface area contributed by atoms with Gasteiger partial charge in [0, 0.05) is 0 Å². The highest BCUT2D eigenvalue weighted by Gasteiger charge is 2.36. The van der Waals surface area contributed by atoms with Gasteiger partial charge in [0.2, 0.25) is 0 Å². The Kier molecular flexibility index (Phi) is 4.85. The predicted octanol–water partition coefficient (Wildman–Crippen LogP) is 0.833. The first-order valence-electron chi connectivity index (χ1n) is 6.60. The van der Waals surface area contributed by atoms with Crippen molar-refractivity contribution in [2.45, 2.75) is 18.4 Å². The van der Waals surface area contributed by atoms with E-state index in [-0.39, 0.29) is 6.47 Å². The van der Waals surface area contributed by atoms with E-state index >= 15 is 0 Å². The van der Waals surface area contributed by atoms with Crippen LogP contribution in [-0.2, 0) is 19.9 Å². The van der Waals surface area contributed by atoms with Gasteiger partial charge in [0.1, 0.15) is 0 Å². The van der Waals surface area contributed by atoms with Crippen molar-refractivity contribution < 1.29 is 23.1 Å². The number of carbonyl (C=O) groups is 2. The third-order valence-electron chi connectivity index (χ3n) is 3.59. The van der Waals surface area contributed by atoms with Gasteiger partial charge in [0.15, 0.2) is 18.2 Å². The molecule has 1 aliphatic rings. The minimum absolute atomic E-state index is 0.187. The van der Waals surface area contributed by atoms with Gasteiger partial charge >= 0.3 is 0 Å². The number of rotatable bonds is 5. The van der Waals surface area contributed by atoms with Crippen LogP contribution < -0.4 is 10.6 Å². The fraction of sp³-hybridized carbons (Fsp3) is 0.429. The second-order valence-electron chi connectivity index (χ2n) is 4.92. The maximum atomic E-state index is 13.5. The van der Waals surface area contributed by atoms with E-state index in [9.17, 15) is 18.4 Å². The average Bonchev–Trinajstić information content (AvgIpc) is 2.49. The molecule has 5 nitrogen and oxygen atoms in total. The van der Waals surface area contributed by atoms with Crippen LogP contribution in [0.1, 0.15) is 18.4 Å². The van der Waals surface area contributed by atoms with Gasteiger partial charge in [-0.25, -0.2) is 8.78 Å². The second-order valence-corrected chi connectivity index (χ2v) is 4.92. The van der Waals surface area contributed by atoms with E-state index in [0.717, 1.165) is 12.1 Å². The van der Waals surface area contributed by atoms with Crippen LogP contribution in [0.5, 0.6) is 0 Å². The fourth-order valence-electron chi connectivity index (χ4n) is 2.55. The molecule has 1 amide bonds. The van der Waals surface area contributed by atoms with Crippen molar-refractivity contribution in [2.75, 3.05) is 19.7 Å². The second kappa shape index (κ2) is 6.62. The van der Waals surface area contributed by atoms with E-state index < -0.39 is 29.7 Å². The Morgan fingerprint density at radius 3 is 2.67 bits per heavy atom. The number of halogens is 2. The molecule has 1 aromatic carbocycles. The van der Waals surface area contributed by atoms with E-state index in [4.69, 9.17) is 0 Å². The van der Waals surface area contributed by atoms with E-state index in [1.54, 1.807) is 0 Å². The Hall–Kier alpha value is -2.02. The van der Waals surface area contributed by atoms with E-state index in [0.29, 0.717) is 31.5 Å². The maximum Gasteiger partial charge on any atom is 0.293 e. The van der Waals surface area contributed by atoms with Crippen LogP contribution in [0.2, 0.25) is 0 Å². The largest absolute Gasteiger partial charge is 0.458 e. The SMILES string of the molecule is O=COCC(=O)NC1(c2ccc(F)c(F)c2)CCNCC1. The van der Waals surface area contributed by atoms with Gasteiger partial charge < -0.3 is 15.4 Å². The molecule has 0 bridgehead atoms. The van der Waals surface area contributed by atoms with Crippen molar-refractivity contribution in [1.82, 2.24) is 10.6 Å². The van der Waals surface area contributed by atoms with Crippen molar-refractivity contribution >= 4 is 12.4 Å². The molecule has 2 rings (SSSR count). The van der Waals surface area contributed by atoms with Crippen LogP contribution in [0.4, 0.5) is 8.78 Å².